The van der Waals surface area contributed by atoms with E-state index in [1.807, 2.05) is 0 Å². The standard InChI is InChI=1S/C16H22ClN/c1-11-2-4-12(5-3-11)14-7-6-13(10-15(14)17)16(18)8-9-16/h6-7,10-12H,2-5,8-9,18H2,1H3. The zero-order chi connectivity index (χ0) is 12.8. The minimum absolute atomic E-state index is 0.0662. The maximum Gasteiger partial charge on any atom is 0.0444 e. The van der Waals surface area contributed by atoms with Gasteiger partial charge >= 0.3 is 0 Å². The Balaban J connectivity index is 1.80. The monoisotopic (exact) mass is 263 g/mol. The van der Waals surface area contributed by atoms with E-state index in [1.165, 1.54) is 36.8 Å². The lowest BCUT2D eigenvalue weighted by Crippen LogP contribution is -2.19. The zero-order valence-electron chi connectivity index (χ0n) is 11.1. The highest BCUT2D eigenvalue weighted by Gasteiger charge is 2.40. The molecule has 18 heavy (non-hydrogen) atoms. The minimum Gasteiger partial charge on any atom is -0.321 e. The van der Waals surface area contributed by atoms with Crippen molar-refractivity contribution in [2.75, 3.05) is 0 Å². The lowest BCUT2D eigenvalue weighted by molar-refractivity contribution is 0.348. The molecule has 1 aromatic carbocycles. The molecule has 0 aliphatic heterocycles. The first kappa shape index (κ1) is 12.5. The third kappa shape index (κ3) is 2.31. The topological polar surface area (TPSA) is 26.0 Å². The van der Waals surface area contributed by atoms with E-state index in [-0.39, 0.29) is 5.54 Å². The molecule has 2 fully saturated rings. The molecule has 0 radical (unpaired) electrons. The van der Waals surface area contributed by atoms with Crippen LogP contribution in [0.2, 0.25) is 5.02 Å². The van der Waals surface area contributed by atoms with Gasteiger partial charge in [0.15, 0.2) is 0 Å². The van der Waals surface area contributed by atoms with Crippen LogP contribution >= 0.6 is 11.6 Å². The summed E-state index contributed by atoms with van der Waals surface area (Å²) in [5.74, 6) is 1.55. The van der Waals surface area contributed by atoms with Gasteiger partial charge in [-0.15, -0.1) is 0 Å². The molecule has 1 nitrogen and oxygen atoms in total. The summed E-state index contributed by atoms with van der Waals surface area (Å²) < 4.78 is 0. The first-order valence-corrected chi connectivity index (χ1v) is 7.55. The molecule has 0 heterocycles. The van der Waals surface area contributed by atoms with Gasteiger partial charge in [-0.3, -0.25) is 0 Å². The summed E-state index contributed by atoms with van der Waals surface area (Å²) >= 11 is 6.48. The quantitative estimate of drug-likeness (QED) is 0.830. The number of halogens is 1. The van der Waals surface area contributed by atoms with Crippen molar-refractivity contribution < 1.29 is 0 Å². The van der Waals surface area contributed by atoms with E-state index in [2.05, 4.69) is 25.1 Å². The van der Waals surface area contributed by atoms with E-state index in [9.17, 15) is 0 Å². The van der Waals surface area contributed by atoms with Crippen LogP contribution in [0.3, 0.4) is 0 Å². The molecule has 1 aromatic rings. The molecule has 3 rings (SSSR count). The number of rotatable bonds is 2. The normalized spacial score (nSPS) is 30.2. The van der Waals surface area contributed by atoms with Crippen molar-refractivity contribution >= 4 is 11.6 Å². The van der Waals surface area contributed by atoms with Crippen LogP contribution in [0.15, 0.2) is 18.2 Å². The molecule has 98 valence electrons. The third-order valence-electron chi connectivity index (χ3n) is 4.82. The SMILES string of the molecule is CC1CCC(c2ccc(C3(N)CC3)cc2Cl)CC1. The van der Waals surface area contributed by atoms with E-state index in [0.29, 0.717) is 5.92 Å². The summed E-state index contributed by atoms with van der Waals surface area (Å²) in [5.41, 5.74) is 8.73. The van der Waals surface area contributed by atoms with Gasteiger partial charge in [0.1, 0.15) is 0 Å². The lowest BCUT2D eigenvalue weighted by atomic mass is 9.79. The second-order valence-electron chi connectivity index (χ2n) is 6.35. The highest BCUT2D eigenvalue weighted by Crippen LogP contribution is 2.45. The highest BCUT2D eigenvalue weighted by molar-refractivity contribution is 6.31. The van der Waals surface area contributed by atoms with Crippen LogP contribution in [0, 0.1) is 5.92 Å². The Morgan fingerprint density at radius 1 is 1.17 bits per heavy atom. The molecule has 2 saturated carbocycles. The van der Waals surface area contributed by atoms with Gasteiger partial charge in [0.2, 0.25) is 0 Å². The second kappa shape index (κ2) is 4.54. The lowest BCUT2D eigenvalue weighted by Gasteiger charge is -2.27. The van der Waals surface area contributed by atoms with Crippen LogP contribution in [0.25, 0.3) is 0 Å². The van der Waals surface area contributed by atoms with Gasteiger partial charge in [-0.25, -0.2) is 0 Å². The van der Waals surface area contributed by atoms with Gasteiger partial charge in [0.05, 0.1) is 0 Å². The largest absolute Gasteiger partial charge is 0.321 e. The Morgan fingerprint density at radius 2 is 1.83 bits per heavy atom. The number of benzene rings is 1. The molecule has 0 spiro atoms. The fourth-order valence-corrected chi connectivity index (χ4v) is 3.50. The highest BCUT2D eigenvalue weighted by atomic mass is 35.5. The summed E-state index contributed by atoms with van der Waals surface area (Å²) in [6.07, 6.45) is 7.45. The molecule has 0 amide bonds. The van der Waals surface area contributed by atoms with E-state index >= 15 is 0 Å². The summed E-state index contributed by atoms with van der Waals surface area (Å²) in [6, 6.07) is 6.54. The van der Waals surface area contributed by atoms with Crippen LogP contribution in [0.1, 0.15) is 62.5 Å². The van der Waals surface area contributed by atoms with E-state index in [0.717, 1.165) is 23.8 Å². The molecule has 0 aromatic heterocycles. The molecule has 0 saturated heterocycles. The molecule has 2 aliphatic rings. The van der Waals surface area contributed by atoms with Gasteiger partial charge in [-0.2, -0.15) is 0 Å². The predicted octanol–water partition coefficient (Wildman–Crippen LogP) is 4.58. The van der Waals surface area contributed by atoms with Crippen molar-refractivity contribution in [3.8, 4) is 0 Å². The van der Waals surface area contributed by atoms with Crippen molar-refractivity contribution in [2.45, 2.75) is 56.9 Å². The minimum atomic E-state index is -0.0662. The summed E-state index contributed by atoms with van der Waals surface area (Å²) in [5, 5.41) is 0.934. The fraction of sp³-hybridized carbons (Fsp3) is 0.625. The molecular formula is C16H22ClN. The van der Waals surface area contributed by atoms with Gasteiger partial charge in [-0.05, 0) is 54.7 Å². The Morgan fingerprint density at radius 3 is 2.39 bits per heavy atom. The molecule has 2 heteroatoms. The first-order valence-electron chi connectivity index (χ1n) is 7.17. The van der Waals surface area contributed by atoms with Gasteiger partial charge in [-0.1, -0.05) is 43.5 Å². The van der Waals surface area contributed by atoms with Crippen LogP contribution in [0.4, 0.5) is 0 Å². The van der Waals surface area contributed by atoms with Crippen molar-refractivity contribution in [3.63, 3.8) is 0 Å². The number of hydrogen-bond donors (Lipinski definition) is 1. The third-order valence-corrected chi connectivity index (χ3v) is 5.15. The predicted molar refractivity (Wildman–Crippen MR) is 76.9 cm³/mol. The van der Waals surface area contributed by atoms with E-state index < -0.39 is 0 Å². The van der Waals surface area contributed by atoms with Crippen LogP contribution in [-0.2, 0) is 5.54 Å². The zero-order valence-corrected chi connectivity index (χ0v) is 11.8. The van der Waals surface area contributed by atoms with Gasteiger partial charge in [0, 0.05) is 10.6 Å². The molecule has 0 atom stereocenters. The number of hydrogen-bond acceptors (Lipinski definition) is 1. The maximum atomic E-state index is 6.48. The average Bonchev–Trinajstić information content (AvgIpc) is 3.10. The number of nitrogens with two attached hydrogens (primary N) is 1. The van der Waals surface area contributed by atoms with Crippen molar-refractivity contribution in [2.24, 2.45) is 11.7 Å². The van der Waals surface area contributed by atoms with E-state index in [1.54, 1.807) is 0 Å². The van der Waals surface area contributed by atoms with Crippen LogP contribution in [0.5, 0.6) is 0 Å². The Hall–Kier alpha value is -0.530. The van der Waals surface area contributed by atoms with E-state index in [4.69, 9.17) is 17.3 Å². The van der Waals surface area contributed by atoms with Crippen molar-refractivity contribution in [1.82, 2.24) is 0 Å². The maximum absolute atomic E-state index is 6.48. The Bertz CT molecular complexity index is 442. The smallest absolute Gasteiger partial charge is 0.0444 e. The Labute approximate surface area is 115 Å². The first-order chi connectivity index (χ1) is 8.58. The van der Waals surface area contributed by atoms with Crippen molar-refractivity contribution in [3.05, 3.63) is 34.3 Å². The molecule has 0 bridgehead atoms. The fourth-order valence-electron chi connectivity index (χ4n) is 3.16. The van der Waals surface area contributed by atoms with Gasteiger partial charge in [0.25, 0.3) is 0 Å². The molecule has 2 aliphatic carbocycles. The summed E-state index contributed by atoms with van der Waals surface area (Å²) in [4.78, 5) is 0. The van der Waals surface area contributed by atoms with Crippen LogP contribution < -0.4 is 5.73 Å². The molecular weight excluding hydrogens is 242 g/mol. The average molecular weight is 264 g/mol. The van der Waals surface area contributed by atoms with Crippen molar-refractivity contribution in [1.29, 1.82) is 0 Å². The summed E-state index contributed by atoms with van der Waals surface area (Å²) in [7, 11) is 0. The molecule has 0 unspecified atom stereocenters. The Kier molecular flexibility index (Phi) is 3.15. The molecule has 2 N–H and O–H groups in total. The second-order valence-corrected chi connectivity index (χ2v) is 6.76. The summed E-state index contributed by atoms with van der Waals surface area (Å²) in [6.45, 7) is 2.35. The van der Waals surface area contributed by atoms with Gasteiger partial charge < -0.3 is 5.73 Å². The van der Waals surface area contributed by atoms with Crippen LogP contribution in [-0.4, -0.2) is 0 Å².